The van der Waals surface area contributed by atoms with Gasteiger partial charge in [0.1, 0.15) is 0 Å². The zero-order valence-corrected chi connectivity index (χ0v) is 12.7. The van der Waals surface area contributed by atoms with Gasteiger partial charge in [-0.3, -0.25) is 4.98 Å². The molecule has 3 heteroatoms. The topological polar surface area (TPSA) is 28.2 Å². The van der Waals surface area contributed by atoms with Crippen molar-refractivity contribution in [2.75, 3.05) is 24.5 Å². The number of aromatic nitrogens is 1. The Labute approximate surface area is 126 Å². The Kier molecular flexibility index (Phi) is 3.11. The summed E-state index contributed by atoms with van der Waals surface area (Å²) in [7, 11) is 0. The van der Waals surface area contributed by atoms with E-state index in [1.165, 1.54) is 35.7 Å². The first kappa shape index (κ1) is 13.1. The number of nitrogens with one attached hydrogen (secondary N) is 1. The van der Waals surface area contributed by atoms with Crippen LogP contribution in [-0.2, 0) is 0 Å². The van der Waals surface area contributed by atoms with Crippen LogP contribution in [0, 0.1) is 5.92 Å². The molecule has 1 atom stereocenters. The fourth-order valence-electron chi connectivity index (χ4n) is 3.75. The second-order valence-electron chi connectivity index (χ2n) is 6.77. The Morgan fingerprint density at radius 1 is 1.29 bits per heavy atom. The van der Waals surface area contributed by atoms with E-state index in [9.17, 15) is 0 Å². The highest BCUT2D eigenvalue weighted by molar-refractivity contribution is 5.93. The molecule has 21 heavy (non-hydrogen) atoms. The van der Waals surface area contributed by atoms with Gasteiger partial charge in [0.15, 0.2) is 0 Å². The number of benzene rings is 1. The molecule has 1 aromatic heterocycles. The van der Waals surface area contributed by atoms with Crippen LogP contribution in [0.25, 0.3) is 10.8 Å². The molecule has 0 spiro atoms. The van der Waals surface area contributed by atoms with Crippen molar-refractivity contribution < 1.29 is 0 Å². The number of hydrogen-bond acceptors (Lipinski definition) is 3. The van der Waals surface area contributed by atoms with Crippen molar-refractivity contribution in [1.82, 2.24) is 10.3 Å². The lowest BCUT2D eigenvalue weighted by molar-refractivity contribution is 0.332. The molecule has 0 amide bonds. The second kappa shape index (κ2) is 4.99. The van der Waals surface area contributed by atoms with Crippen LogP contribution in [0.15, 0.2) is 36.7 Å². The summed E-state index contributed by atoms with van der Waals surface area (Å²) in [6.07, 6.45) is 7.86. The van der Waals surface area contributed by atoms with Crippen LogP contribution in [0.3, 0.4) is 0 Å². The summed E-state index contributed by atoms with van der Waals surface area (Å²) in [5.74, 6) is 0.853. The van der Waals surface area contributed by atoms with E-state index < -0.39 is 0 Å². The average molecular weight is 281 g/mol. The molecule has 2 fully saturated rings. The average Bonchev–Trinajstić information content (AvgIpc) is 3.34. The molecule has 1 saturated carbocycles. The van der Waals surface area contributed by atoms with Crippen LogP contribution in [0.2, 0.25) is 0 Å². The monoisotopic (exact) mass is 281 g/mol. The molecule has 2 heterocycles. The fraction of sp³-hybridized carbons (Fsp3) is 0.500. The first-order valence-electron chi connectivity index (χ1n) is 8.09. The maximum Gasteiger partial charge on any atom is 0.0462 e. The standard InChI is InChI=1S/C18H23N3/c1-18(15-6-7-15)13-21(11-3-9-20-18)17-5-2-4-14-8-10-19-12-16(14)17/h2,4-5,8,10,12,15,20H,3,6-7,9,11,13H2,1H3. The molecule has 3 nitrogen and oxygen atoms in total. The fourth-order valence-corrected chi connectivity index (χ4v) is 3.75. The highest BCUT2D eigenvalue weighted by Gasteiger charge is 2.43. The molecule has 1 aromatic carbocycles. The number of fused-ring (bicyclic) bond motifs is 1. The van der Waals surface area contributed by atoms with Gasteiger partial charge >= 0.3 is 0 Å². The maximum absolute atomic E-state index is 4.33. The van der Waals surface area contributed by atoms with Gasteiger partial charge in [0.25, 0.3) is 0 Å². The van der Waals surface area contributed by atoms with E-state index in [-0.39, 0.29) is 5.54 Å². The lowest BCUT2D eigenvalue weighted by Gasteiger charge is -2.35. The Morgan fingerprint density at radius 3 is 3.05 bits per heavy atom. The Hall–Kier alpha value is -1.61. The van der Waals surface area contributed by atoms with E-state index in [1.54, 1.807) is 0 Å². The zero-order valence-electron chi connectivity index (χ0n) is 12.7. The van der Waals surface area contributed by atoms with Crippen LogP contribution < -0.4 is 10.2 Å². The second-order valence-corrected chi connectivity index (χ2v) is 6.77. The molecule has 2 aliphatic rings. The summed E-state index contributed by atoms with van der Waals surface area (Å²) in [4.78, 5) is 6.91. The number of rotatable bonds is 2. The Bertz CT molecular complexity index is 644. The van der Waals surface area contributed by atoms with Crippen molar-refractivity contribution in [3.63, 3.8) is 0 Å². The third kappa shape index (κ3) is 2.40. The molecule has 110 valence electrons. The number of pyridine rings is 1. The van der Waals surface area contributed by atoms with Gasteiger partial charge in [0.2, 0.25) is 0 Å². The number of anilines is 1. The van der Waals surface area contributed by atoms with Gasteiger partial charge in [-0.1, -0.05) is 12.1 Å². The van der Waals surface area contributed by atoms with Gasteiger partial charge < -0.3 is 10.2 Å². The lowest BCUT2D eigenvalue weighted by Crippen LogP contribution is -2.51. The van der Waals surface area contributed by atoms with E-state index in [0.29, 0.717) is 0 Å². The maximum atomic E-state index is 4.33. The third-order valence-corrected chi connectivity index (χ3v) is 5.13. The van der Waals surface area contributed by atoms with Crippen molar-refractivity contribution in [3.05, 3.63) is 36.7 Å². The van der Waals surface area contributed by atoms with Crippen LogP contribution in [0.5, 0.6) is 0 Å². The van der Waals surface area contributed by atoms with E-state index >= 15 is 0 Å². The molecule has 1 aliphatic carbocycles. The van der Waals surface area contributed by atoms with E-state index in [4.69, 9.17) is 0 Å². The van der Waals surface area contributed by atoms with Crippen LogP contribution in [0.1, 0.15) is 26.2 Å². The summed E-state index contributed by atoms with van der Waals surface area (Å²) < 4.78 is 0. The molecule has 1 unspecified atom stereocenters. The molecule has 4 rings (SSSR count). The molecule has 1 N–H and O–H groups in total. The van der Waals surface area contributed by atoms with Gasteiger partial charge in [-0.05, 0) is 56.2 Å². The van der Waals surface area contributed by atoms with E-state index in [1.807, 2.05) is 12.4 Å². The minimum absolute atomic E-state index is 0.265. The molecule has 1 aliphatic heterocycles. The van der Waals surface area contributed by atoms with Crippen LogP contribution >= 0.6 is 0 Å². The summed E-state index contributed by atoms with van der Waals surface area (Å²) >= 11 is 0. The predicted octanol–water partition coefficient (Wildman–Crippen LogP) is 3.20. The molecule has 2 aromatic rings. The Morgan fingerprint density at radius 2 is 2.19 bits per heavy atom. The largest absolute Gasteiger partial charge is 0.369 e. The SMILES string of the molecule is CC1(C2CC2)CN(c2cccc3ccncc23)CCCN1. The summed E-state index contributed by atoms with van der Waals surface area (Å²) in [6, 6.07) is 8.71. The zero-order chi connectivity index (χ0) is 14.3. The van der Waals surface area contributed by atoms with E-state index in [0.717, 1.165) is 25.6 Å². The van der Waals surface area contributed by atoms with Gasteiger partial charge in [-0.15, -0.1) is 0 Å². The summed E-state index contributed by atoms with van der Waals surface area (Å²) in [5, 5.41) is 6.37. The first-order chi connectivity index (χ1) is 10.3. The minimum Gasteiger partial charge on any atom is -0.369 e. The summed E-state index contributed by atoms with van der Waals surface area (Å²) in [6.45, 7) is 5.77. The molecular weight excluding hydrogens is 258 g/mol. The minimum atomic E-state index is 0.265. The third-order valence-electron chi connectivity index (χ3n) is 5.13. The van der Waals surface area contributed by atoms with Gasteiger partial charge in [0.05, 0.1) is 0 Å². The predicted molar refractivity (Wildman–Crippen MR) is 87.7 cm³/mol. The highest BCUT2D eigenvalue weighted by atomic mass is 15.2. The normalized spacial score (nSPS) is 26.8. The van der Waals surface area contributed by atoms with Gasteiger partial charge in [0, 0.05) is 42.1 Å². The molecule has 0 radical (unpaired) electrons. The molecular formula is C18H23N3. The number of nitrogens with zero attached hydrogens (tertiary/aromatic N) is 2. The lowest BCUT2D eigenvalue weighted by atomic mass is 9.95. The quantitative estimate of drug-likeness (QED) is 0.916. The van der Waals surface area contributed by atoms with Gasteiger partial charge in [-0.2, -0.15) is 0 Å². The van der Waals surface area contributed by atoms with Crippen molar-refractivity contribution in [1.29, 1.82) is 0 Å². The van der Waals surface area contributed by atoms with E-state index in [2.05, 4.69) is 46.4 Å². The first-order valence-corrected chi connectivity index (χ1v) is 8.09. The molecule has 0 bridgehead atoms. The number of hydrogen-bond donors (Lipinski definition) is 1. The van der Waals surface area contributed by atoms with Crippen molar-refractivity contribution >= 4 is 16.5 Å². The smallest absolute Gasteiger partial charge is 0.0462 e. The van der Waals surface area contributed by atoms with Crippen molar-refractivity contribution in [2.45, 2.75) is 31.7 Å². The van der Waals surface area contributed by atoms with Crippen LogP contribution in [-0.4, -0.2) is 30.2 Å². The van der Waals surface area contributed by atoms with Crippen molar-refractivity contribution in [2.24, 2.45) is 5.92 Å². The Balaban J connectivity index is 1.73. The van der Waals surface area contributed by atoms with Crippen molar-refractivity contribution in [3.8, 4) is 0 Å². The van der Waals surface area contributed by atoms with Crippen LogP contribution in [0.4, 0.5) is 5.69 Å². The summed E-state index contributed by atoms with van der Waals surface area (Å²) in [5.41, 5.74) is 1.61. The highest BCUT2D eigenvalue weighted by Crippen LogP contribution is 2.41. The molecule has 1 saturated heterocycles. The van der Waals surface area contributed by atoms with Gasteiger partial charge in [-0.25, -0.2) is 0 Å².